The van der Waals surface area contributed by atoms with Gasteiger partial charge in [-0.2, -0.15) is 0 Å². The fourth-order valence-electron chi connectivity index (χ4n) is 3.70. The molecule has 3 aromatic rings. The van der Waals surface area contributed by atoms with Gasteiger partial charge in [0.1, 0.15) is 6.33 Å². The first kappa shape index (κ1) is 21.7. The maximum atomic E-state index is 12.3. The Kier molecular flexibility index (Phi) is 6.89. The van der Waals surface area contributed by atoms with Crippen LogP contribution in [0.1, 0.15) is 5.56 Å². The van der Waals surface area contributed by atoms with Crippen molar-refractivity contribution in [3.63, 3.8) is 0 Å². The Labute approximate surface area is 187 Å². The summed E-state index contributed by atoms with van der Waals surface area (Å²) in [6.07, 6.45) is 7.32. The van der Waals surface area contributed by atoms with E-state index in [4.69, 9.17) is 4.74 Å². The van der Waals surface area contributed by atoms with Crippen molar-refractivity contribution >= 4 is 34.4 Å². The molecule has 0 unspecified atom stereocenters. The van der Waals surface area contributed by atoms with Crippen LogP contribution < -0.4 is 5.32 Å². The van der Waals surface area contributed by atoms with Gasteiger partial charge in [-0.3, -0.25) is 19.3 Å². The lowest BCUT2D eigenvalue weighted by Crippen LogP contribution is -2.41. The smallest absolute Gasteiger partial charge is 0.238 e. The standard InChI is InChI=1S/C25H27N5O2/c1-3-19(10-11-26-2)20-4-9-23-24(16-20)30(18-27-23)22-7-5-21(6-8-22)28-25(31)17-29-12-14-32-15-13-29/h3-11,16,18H,1,12-15,17H2,2H3,(H,28,31)/b19-10+,26-11-. The predicted octanol–water partition coefficient (Wildman–Crippen LogP) is 3.57. The van der Waals surface area contributed by atoms with Crippen molar-refractivity contribution in [2.45, 2.75) is 0 Å². The van der Waals surface area contributed by atoms with Crippen LogP contribution in [0, 0.1) is 0 Å². The number of nitrogens with one attached hydrogen (secondary N) is 1. The first-order valence-electron chi connectivity index (χ1n) is 10.6. The summed E-state index contributed by atoms with van der Waals surface area (Å²) in [5.74, 6) is -0.0169. The number of anilines is 1. The van der Waals surface area contributed by atoms with Crippen molar-refractivity contribution in [2.75, 3.05) is 45.2 Å². The zero-order valence-corrected chi connectivity index (χ0v) is 18.2. The number of rotatable bonds is 7. The van der Waals surface area contributed by atoms with E-state index in [-0.39, 0.29) is 5.91 Å². The van der Waals surface area contributed by atoms with Gasteiger partial charge in [0.2, 0.25) is 5.91 Å². The van der Waals surface area contributed by atoms with Crippen LogP contribution in [0.2, 0.25) is 0 Å². The summed E-state index contributed by atoms with van der Waals surface area (Å²) in [6.45, 7) is 7.22. The normalized spacial score (nSPS) is 15.3. The molecule has 1 amide bonds. The molecule has 1 saturated heterocycles. The van der Waals surface area contributed by atoms with Crippen molar-refractivity contribution in [1.29, 1.82) is 0 Å². The SMILES string of the molecule is C=C/C(=C\C=N/C)c1ccc2ncn(-c3ccc(NC(=O)CN4CCOCC4)cc3)c2c1. The van der Waals surface area contributed by atoms with E-state index in [1.54, 1.807) is 13.3 Å². The van der Waals surface area contributed by atoms with Crippen LogP contribution in [0.5, 0.6) is 0 Å². The molecule has 4 rings (SSSR count). The molecular weight excluding hydrogens is 402 g/mol. The molecule has 0 saturated carbocycles. The van der Waals surface area contributed by atoms with E-state index in [9.17, 15) is 4.79 Å². The van der Waals surface area contributed by atoms with Gasteiger partial charge in [-0.05, 0) is 53.6 Å². The van der Waals surface area contributed by atoms with Gasteiger partial charge >= 0.3 is 0 Å². The summed E-state index contributed by atoms with van der Waals surface area (Å²) in [5.41, 5.74) is 5.67. The lowest BCUT2D eigenvalue weighted by molar-refractivity contribution is -0.118. The number of allylic oxidation sites excluding steroid dienone is 3. The van der Waals surface area contributed by atoms with E-state index in [0.29, 0.717) is 19.8 Å². The van der Waals surface area contributed by atoms with Crippen LogP contribution in [-0.2, 0) is 9.53 Å². The van der Waals surface area contributed by atoms with Gasteiger partial charge in [0.25, 0.3) is 0 Å². The first-order valence-corrected chi connectivity index (χ1v) is 10.6. The van der Waals surface area contributed by atoms with E-state index in [0.717, 1.165) is 46.6 Å². The molecular formula is C25H27N5O2. The van der Waals surface area contributed by atoms with E-state index in [2.05, 4.69) is 32.8 Å². The number of ether oxygens (including phenoxy) is 1. The molecule has 0 radical (unpaired) electrons. The number of carbonyl (C=O) groups excluding carboxylic acids is 1. The number of hydrogen-bond acceptors (Lipinski definition) is 5. The molecule has 32 heavy (non-hydrogen) atoms. The zero-order valence-electron chi connectivity index (χ0n) is 18.2. The number of carbonyl (C=O) groups is 1. The topological polar surface area (TPSA) is 71.8 Å². The highest BCUT2D eigenvalue weighted by Crippen LogP contribution is 2.24. The molecule has 1 N–H and O–H groups in total. The maximum Gasteiger partial charge on any atom is 0.238 e. The number of nitrogens with zero attached hydrogens (tertiary/aromatic N) is 4. The minimum atomic E-state index is -0.0169. The third-order valence-corrected chi connectivity index (χ3v) is 5.40. The minimum absolute atomic E-state index is 0.0169. The largest absolute Gasteiger partial charge is 0.379 e. The Morgan fingerprint density at radius 3 is 2.72 bits per heavy atom. The number of aromatic nitrogens is 2. The molecule has 2 aromatic carbocycles. The molecule has 1 fully saturated rings. The molecule has 164 valence electrons. The lowest BCUT2D eigenvalue weighted by Gasteiger charge is -2.25. The van der Waals surface area contributed by atoms with E-state index < -0.39 is 0 Å². The molecule has 7 nitrogen and oxygen atoms in total. The number of aliphatic imine (C=N–C) groups is 1. The first-order chi connectivity index (χ1) is 15.7. The third-order valence-electron chi connectivity index (χ3n) is 5.40. The van der Waals surface area contributed by atoms with Crippen LogP contribution >= 0.6 is 0 Å². The fraction of sp³-hybridized carbons (Fsp3) is 0.240. The maximum absolute atomic E-state index is 12.3. The molecule has 0 atom stereocenters. The molecule has 2 heterocycles. The monoisotopic (exact) mass is 429 g/mol. The van der Waals surface area contributed by atoms with Crippen LogP contribution in [0.25, 0.3) is 22.3 Å². The number of hydrogen-bond donors (Lipinski definition) is 1. The summed E-state index contributed by atoms with van der Waals surface area (Å²) >= 11 is 0. The summed E-state index contributed by atoms with van der Waals surface area (Å²) in [6, 6.07) is 13.9. The number of benzene rings is 2. The van der Waals surface area contributed by atoms with Crippen LogP contribution in [0.15, 0.2) is 72.5 Å². The summed E-state index contributed by atoms with van der Waals surface area (Å²) < 4.78 is 7.36. The summed E-state index contributed by atoms with van der Waals surface area (Å²) in [7, 11) is 1.74. The average molecular weight is 430 g/mol. The van der Waals surface area contributed by atoms with Gasteiger partial charge in [-0.15, -0.1) is 0 Å². The van der Waals surface area contributed by atoms with Gasteiger partial charge in [0, 0.05) is 37.7 Å². The molecule has 0 bridgehead atoms. The highest BCUT2D eigenvalue weighted by Gasteiger charge is 2.14. The van der Waals surface area contributed by atoms with E-state index in [1.807, 2.05) is 59.4 Å². The number of imidazole rings is 1. The molecule has 1 aromatic heterocycles. The molecule has 0 spiro atoms. The van der Waals surface area contributed by atoms with Crippen molar-refractivity contribution < 1.29 is 9.53 Å². The number of fused-ring (bicyclic) bond motifs is 1. The van der Waals surface area contributed by atoms with Gasteiger partial charge in [0.15, 0.2) is 0 Å². The highest BCUT2D eigenvalue weighted by atomic mass is 16.5. The Morgan fingerprint density at radius 2 is 2.00 bits per heavy atom. The number of amides is 1. The van der Waals surface area contributed by atoms with Gasteiger partial charge in [-0.25, -0.2) is 4.98 Å². The van der Waals surface area contributed by atoms with E-state index >= 15 is 0 Å². The third kappa shape index (κ3) is 5.01. The Morgan fingerprint density at radius 1 is 1.22 bits per heavy atom. The zero-order chi connectivity index (χ0) is 22.3. The van der Waals surface area contributed by atoms with Gasteiger partial charge in [-0.1, -0.05) is 18.7 Å². The van der Waals surface area contributed by atoms with Crippen molar-refractivity contribution in [1.82, 2.24) is 14.5 Å². The van der Waals surface area contributed by atoms with Gasteiger partial charge in [0.05, 0.1) is 30.8 Å². The Hall–Kier alpha value is -3.55. The summed E-state index contributed by atoms with van der Waals surface area (Å²) in [4.78, 5) is 23.0. The van der Waals surface area contributed by atoms with Crippen LogP contribution in [-0.4, -0.2) is 66.5 Å². The Bertz CT molecular complexity index is 1150. The van der Waals surface area contributed by atoms with Crippen molar-refractivity contribution in [2.24, 2.45) is 4.99 Å². The Balaban J connectivity index is 1.52. The van der Waals surface area contributed by atoms with Crippen LogP contribution in [0.3, 0.4) is 0 Å². The quantitative estimate of drug-likeness (QED) is 0.460. The molecule has 1 aliphatic heterocycles. The number of morpholine rings is 1. The van der Waals surface area contributed by atoms with Crippen LogP contribution in [0.4, 0.5) is 5.69 Å². The lowest BCUT2D eigenvalue weighted by atomic mass is 10.0. The molecule has 1 aliphatic rings. The minimum Gasteiger partial charge on any atom is -0.379 e. The molecule has 7 heteroatoms. The second-order valence-corrected chi connectivity index (χ2v) is 7.54. The highest BCUT2D eigenvalue weighted by molar-refractivity contribution is 5.93. The predicted molar refractivity (Wildman–Crippen MR) is 130 cm³/mol. The average Bonchev–Trinajstić information content (AvgIpc) is 3.24. The van der Waals surface area contributed by atoms with Crippen molar-refractivity contribution in [3.8, 4) is 5.69 Å². The fourth-order valence-corrected chi connectivity index (χ4v) is 3.70. The van der Waals surface area contributed by atoms with Gasteiger partial charge < -0.3 is 10.1 Å². The molecule has 0 aliphatic carbocycles. The van der Waals surface area contributed by atoms with E-state index in [1.165, 1.54) is 0 Å². The summed E-state index contributed by atoms with van der Waals surface area (Å²) in [5, 5.41) is 2.97. The second-order valence-electron chi connectivity index (χ2n) is 7.54. The second kappa shape index (κ2) is 10.2. The van der Waals surface area contributed by atoms with Crippen molar-refractivity contribution in [3.05, 3.63) is 73.1 Å².